The predicted octanol–water partition coefficient (Wildman–Crippen LogP) is 3.07. The highest BCUT2D eigenvalue weighted by Gasteiger charge is 2.26. The second kappa shape index (κ2) is 7.17. The molecule has 1 saturated heterocycles. The van der Waals surface area contributed by atoms with Crippen LogP contribution in [0.25, 0.3) is 11.1 Å². The zero-order chi connectivity index (χ0) is 18.0. The monoisotopic (exact) mass is 342 g/mol. The van der Waals surface area contributed by atoms with Crippen LogP contribution in [0.15, 0.2) is 30.5 Å². The Kier molecular flexibility index (Phi) is 4.97. The lowest BCUT2D eigenvalue weighted by molar-refractivity contribution is -0.129. The van der Waals surface area contributed by atoms with Gasteiger partial charge in [0.2, 0.25) is 11.9 Å². The lowest BCUT2D eigenvalue weighted by atomic mass is 9.89. The van der Waals surface area contributed by atoms with E-state index in [9.17, 15) is 9.18 Å². The van der Waals surface area contributed by atoms with E-state index in [2.05, 4.69) is 4.98 Å². The van der Waals surface area contributed by atoms with Crippen LogP contribution in [0.1, 0.15) is 31.4 Å². The number of carbonyl (C=O) groups is 1. The summed E-state index contributed by atoms with van der Waals surface area (Å²) in [5.74, 6) is 0.784. The van der Waals surface area contributed by atoms with E-state index < -0.39 is 0 Å². The smallest absolute Gasteiger partial charge is 0.225 e. The molecular weight excluding hydrogens is 319 g/mol. The van der Waals surface area contributed by atoms with Crippen molar-refractivity contribution in [1.29, 1.82) is 0 Å². The number of likely N-dealkylation sites (tertiary alicyclic amines) is 1. The van der Waals surface area contributed by atoms with Crippen molar-refractivity contribution in [2.75, 3.05) is 32.1 Å². The fourth-order valence-electron chi connectivity index (χ4n) is 3.23. The number of piperidine rings is 1. The van der Waals surface area contributed by atoms with Crippen LogP contribution in [0.3, 0.4) is 0 Å². The van der Waals surface area contributed by atoms with Gasteiger partial charge in [0, 0.05) is 51.8 Å². The number of aromatic nitrogens is 2. The molecule has 5 nitrogen and oxygen atoms in total. The highest BCUT2D eigenvalue weighted by molar-refractivity contribution is 5.73. The highest BCUT2D eigenvalue weighted by atomic mass is 19.1. The summed E-state index contributed by atoms with van der Waals surface area (Å²) < 4.78 is 13.3. The largest absolute Gasteiger partial charge is 0.347 e. The predicted molar refractivity (Wildman–Crippen MR) is 96.0 cm³/mol. The molecule has 132 valence electrons. The quantitative estimate of drug-likeness (QED) is 0.860. The molecular formula is C19H23FN4O. The molecule has 0 aliphatic carbocycles. The number of hydrogen-bond donors (Lipinski definition) is 0. The van der Waals surface area contributed by atoms with E-state index in [0.717, 1.165) is 42.8 Å². The van der Waals surface area contributed by atoms with Gasteiger partial charge in [0.1, 0.15) is 5.82 Å². The van der Waals surface area contributed by atoms with Gasteiger partial charge in [-0.3, -0.25) is 4.79 Å². The SMILES string of the molecule is CC(=O)N1CCC(c2nc(N(C)C)ncc2-c2ccc(F)cc2)CC1. The fraction of sp³-hybridized carbons (Fsp3) is 0.421. The third-order valence-corrected chi connectivity index (χ3v) is 4.69. The van der Waals surface area contributed by atoms with Crippen LogP contribution >= 0.6 is 0 Å². The molecule has 0 spiro atoms. The van der Waals surface area contributed by atoms with Gasteiger partial charge >= 0.3 is 0 Å². The maximum absolute atomic E-state index is 13.3. The molecule has 1 aromatic heterocycles. The average molecular weight is 342 g/mol. The molecule has 6 heteroatoms. The first kappa shape index (κ1) is 17.3. The van der Waals surface area contributed by atoms with Crippen molar-refractivity contribution in [3.8, 4) is 11.1 Å². The standard InChI is InChI=1S/C19H23FN4O/c1-13(25)24-10-8-15(9-11-24)18-17(12-21-19(22-18)23(2)3)14-4-6-16(20)7-5-14/h4-7,12,15H,8-11H2,1-3H3. The van der Waals surface area contributed by atoms with Crippen LogP contribution in [0, 0.1) is 5.82 Å². The molecule has 3 rings (SSSR count). The second-order valence-corrected chi connectivity index (χ2v) is 6.65. The first-order valence-corrected chi connectivity index (χ1v) is 8.51. The Morgan fingerprint density at radius 1 is 1.20 bits per heavy atom. The lowest BCUT2D eigenvalue weighted by Crippen LogP contribution is -2.36. The minimum Gasteiger partial charge on any atom is -0.347 e. The van der Waals surface area contributed by atoms with E-state index in [4.69, 9.17) is 4.98 Å². The number of halogens is 1. The number of nitrogens with zero attached hydrogens (tertiary/aromatic N) is 4. The van der Waals surface area contributed by atoms with Gasteiger partial charge in [0.15, 0.2) is 0 Å². The van der Waals surface area contributed by atoms with Crippen molar-refractivity contribution >= 4 is 11.9 Å². The molecule has 1 aliphatic rings. The molecule has 25 heavy (non-hydrogen) atoms. The van der Waals surface area contributed by atoms with Crippen molar-refractivity contribution in [2.45, 2.75) is 25.7 Å². The number of rotatable bonds is 3. The molecule has 0 atom stereocenters. The van der Waals surface area contributed by atoms with Crippen LogP contribution < -0.4 is 4.90 Å². The number of benzene rings is 1. The Bertz CT molecular complexity index is 753. The molecule has 0 N–H and O–H groups in total. The number of hydrogen-bond acceptors (Lipinski definition) is 4. The van der Waals surface area contributed by atoms with Gasteiger partial charge in [0.25, 0.3) is 0 Å². The Morgan fingerprint density at radius 2 is 1.84 bits per heavy atom. The summed E-state index contributed by atoms with van der Waals surface area (Å²) in [4.78, 5) is 24.5. The summed E-state index contributed by atoms with van der Waals surface area (Å²) in [7, 11) is 3.82. The third-order valence-electron chi connectivity index (χ3n) is 4.69. The summed E-state index contributed by atoms with van der Waals surface area (Å²) in [6.45, 7) is 3.09. The maximum Gasteiger partial charge on any atom is 0.225 e. The Hall–Kier alpha value is -2.50. The molecule has 1 aliphatic heterocycles. The van der Waals surface area contributed by atoms with E-state index in [1.807, 2.05) is 30.1 Å². The lowest BCUT2D eigenvalue weighted by Gasteiger charge is -2.32. The zero-order valence-electron chi connectivity index (χ0n) is 14.9. The van der Waals surface area contributed by atoms with Crippen molar-refractivity contribution in [1.82, 2.24) is 14.9 Å². The second-order valence-electron chi connectivity index (χ2n) is 6.65. The number of amides is 1. The topological polar surface area (TPSA) is 49.3 Å². The Balaban J connectivity index is 1.96. The van der Waals surface area contributed by atoms with Gasteiger partial charge in [-0.05, 0) is 30.5 Å². The van der Waals surface area contributed by atoms with Gasteiger partial charge < -0.3 is 9.80 Å². The minimum atomic E-state index is -0.258. The molecule has 0 saturated carbocycles. The molecule has 0 unspecified atom stereocenters. The van der Waals surface area contributed by atoms with Crippen molar-refractivity contribution in [3.63, 3.8) is 0 Å². The van der Waals surface area contributed by atoms with Crippen molar-refractivity contribution < 1.29 is 9.18 Å². The van der Waals surface area contributed by atoms with Crippen LogP contribution in [-0.2, 0) is 4.79 Å². The summed E-state index contributed by atoms with van der Waals surface area (Å²) in [6.07, 6.45) is 3.57. The van der Waals surface area contributed by atoms with E-state index in [1.165, 1.54) is 12.1 Å². The van der Waals surface area contributed by atoms with E-state index in [0.29, 0.717) is 5.95 Å². The minimum absolute atomic E-state index is 0.119. The third kappa shape index (κ3) is 3.78. The first-order valence-electron chi connectivity index (χ1n) is 8.51. The molecule has 0 radical (unpaired) electrons. The van der Waals surface area contributed by atoms with Gasteiger partial charge in [0.05, 0.1) is 5.69 Å². The molecule has 1 fully saturated rings. The van der Waals surface area contributed by atoms with E-state index in [1.54, 1.807) is 19.1 Å². The number of carbonyl (C=O) groups excluding carboxylic acids is 1. The van der Waals surface area contributed by atoms with Crippen LogP contribution in [-0.4, -0.2) is 48.0 Å². The molecule has 2 aromatic rings. The summed E-state index contributed by atoms with van der Waals surface area (Å²) in [5.41, 5.74) is 2.83. The van der Waals surface area contributed by atoms with Crippen LogP contribution in [0.2, 0.25) is 0 Å². The van der Waals surface area contributed by atoms with E-state index >= 15 is 0 Å². The highest BCUT2D eigenvalue weighted by Crippen LogP contribution is 2.34. The van der Waals surface area contributed by atoms with Gasteiger partial charge in [-0.25, -0.2) is 14.4 Å². The Labute approximate surface area is 147 Å². The molecule has 2 heterocycles. The van der Waals surface area contributed by atoms with Gasteiger partial charge in [-0.2, -0.15) is 0 Å². The molecule has 1 aromatic carbocycles. The average Bonchev–Trinajstić information content (AvgIpc) is 2.62. The van der Waals surface area contributed by atoms with Crippen molar-refractivity contribution in [2.24, 2.45) is 0 Å². The van der Waals surface area contributed by atoms with Gasteiger partial charge in [-0.1, -0.05) is 12.1 Å². The summed E-state index contributed by atoms with van der Waals surface area (Å²) in [5, 5.41) is 0. The first-order chi connectivity index (χ1) is 12.0. The maximum atomic E-state index is 13.3. The normalized spacial score (nSPS) is 15.3. The van der Waals surface area contributed by atoms with E-state index in [-0.39, 0.29) is 17.6 Å². The van der Waals surface area contributed by atoms with Crippen LogP contribution in [0.4, 0.5) is 10.3 Å². The zero-order valence-corrected chi connectivity index (χ0v) is 14.9. The summed E-state index contributed by atoms with van der Waals surface area (Å²) in [6, 6.07) is 6.43. The number of anilines is 1. The Morgan fingerprint density at radius 3 is 2.40 bits per heavy atom. The van der Waals surface area contributed by atoms with Gasteiger partial charge in [-0.15, -0.1) is 0 Å². The van der Waals surface area contributed by atoms with Crippen molar-refractivity contribution in [3.05, 3.63) is 42.0 Å². The fourth-order valence-corrected chi connectivity index (χ4v) is 3.23. The molecule has 0 bridgehead atoms. The van der Waals surface area contributed by atoms with Crippen LogP contribution in [0.5, 0.6) is 0 Å². The molecule has 1 amide bonds. The summed E-state index contributed by atoms with van der Waals surface area (Å²) >= 11 is 0.